The van der Waals surface area contributed by atoms with Crippen LogP contribution in [0.4, 0.5) is 0 Å². The molecular weight excluding hydrogens is 318 g/mol. The zero-order valence-electron chi connectivity index (χ0n) is 12.6. The number of hydrogen-bond acceptors (Lipinski definition) is 2. The number of rotatable bonds is 5. The fraction of sp³-hybridized carbons (Fsp3) is 0.235. The van der Waals surface area contributed by atoms with E-state index in [0.717, 1.165) is 10.5 Å². The van der Waals surface area contributed by atoms with Crippen molar-refractivity contribution in [3.8, 4) is 0 Å². The molecule has 0 saturated carbocycles. The molecule has 3 nitrogen and oxygen atoms in total. The molecule has 0 aliphatic heterocycles. The Bertz CT molecular complexity index is 685. The smallest absolute Gasteiger partial charge is 0.254 e. The third-order valence-corrected chi connectivity index (χ3v) is 4.54. The summed E-state index contributed by atoms with van der Waals surface area (Å²) >= 11 is 5.98. The molecule has 0 bridgehead atoms. The minimum absolute atomic E-state index is 0.0455. The Morgan fingerprint density at radius 3 is 2.41 bits per heavy atom. The second kappa shape index (κ2) is 7.56. The van der Waals surface area contributed by atoms with E-state index in [1.54, 1.807) is 35.4 Å². The average Bonchev–Trinajstić information content (AvgIpc) is 2.52. The van der Waals surface area contributed by atoms with Crippen LogP contribution in [-0.2, 0) is 17.3 Å². The fourth-order valence-electron chi connectivity index (χ4n) is 2.15. The maximum Gasteiger partial charge on any atom is 0.254 e. The summed E-state index contributed by atoms with van der Waals surface area (Å²) in [5.41, 5.74) is 1.59. The summed E-state index contributed by atoms with van der Waals surface area (Å²) in [4.78, 5) is 15.0. The van der Waals surface area contributed by atoms with Crippen LogP contribution in [0, 0.1) is 0 Å². The Balaban J connectivity index is 2.16. The normalized spacial score (nSPS) is 12.0. The second-order valence-electron chi connectivity index (χ2n) is 4.93. The van der Waals surface area contributed by atoms with E-state index in [1.165, 1.54) is 0 Å². The molecule has 1 atom stereocenters. The second-order valence-corrected chi connectivity index (χ2v) is 6.74. The predicted octanol–water partition coefficient (Wildman–Crippen LogP) is 3.74. The number of carbonyl (C=O) groups excluding carboxylic acids is 1. The van der Waals surface area contributed by atoms with E-state index in [-0.39, 0.29) is 5.91 Å². The van der Waals surface area contributed by atoms with E-state index in [0.29, 0.717) is 23.7 Å². The summed E-state index contributed by atoms with van der Waals surface area (Å²) in [6.45, 7) is 3.06. The van der Waals surface area contributed by atoms with Crippen molar-refractivity contribution in [1.82, 2.24) is 4.90 Å². The zero-order valence-corrected chi connectivity index (χ0v) is 14.2. The first-order chi connectivity index (χ1) is 10.5. The quantitative estimate of drug-likeness (QED) is 0.834. The highest BCUT2D eigenvalue weighted by atomic mass is 35.5. The van der Waals surface area contributed by atoms with Crippen LogP contribution in [0.25, 0.3) is 0 Å². The van der Waals surface area contributed by atoms with Crippen LogP contribution in [0.15, 0.2) is 53.4 Å². The van der Waals surface area contributed by atoms with Crippen molar-refractivity contribution in [2.45, 2.75) is 18.4 Å². The van der Waals surface area contributed by atoms with Gasteiger partial charge in [0.2, 0.25) is 0 Å². The van der Waals surface area contributed by atoms with Crippen molar-refractivity contribution in [1.29, 1.82) is 0 Å². The molecular formula is C17H18ClNO2S. The fourth-order valence-corrected chi connectivity index (χ4v) is 2.89. The van der Waals surface area contributed by atoms with Gasteiger partial charge in [-0.2, -0.15) is 0 Å². The molecule has 2 aromatic rings. The molecule has 22 heavy (non-hydrogen) atoms. The molecule has 0 heterocycles. The molecule has 2 rings (SSSR count). The first-order valence-electron chi connectivity index (χ1n) is 6.98. The number of nitrogens with zero attached hydrogens (tertiary/aromatic N) is 1. The van der Waals surface area contributed by atoms with Crippen molar-refractivity contribution in [2.75, 3.05) is 12.8 Å². The lowest BCUT2D eigenvalue weighted by atomic mass is 10.1. The van der Waals surface area contributed by atoms with Crippen molar-refractivity contribution in [3.05, 3.63) is 64.7 Å². The Morgan fingerprint density at radius 2 is 1.86 bits per heavy atom. The Kier molecular flexibility index (Phi) is 5.75. The van der Waals surface area contributed by atoms with Gasteiger partial charge in [-0.15, -0.1) is 0 Å². The lowest BCUT2D eigenvalue weighted by Crippen LogP contribution is -2.30. The predicted molar refractivity (Wildman–Crippen MR) is 90.6 cm³/mol. The van der Waals surface area contributed by atoms with Crippen LogP contribution in [0.3, 0.4) is 0 Å². The van der Waals surface area contributed by atoms with Crippen LogP contribution in [0.5, 0.6) is 0 Å². The van der Waals surface area contributed by atoms with Crippen LogP contribution >= 0.6 is 11.6 Å². The molecule has 1 unspecified atom stereocenters. The van der Waals surface area contributed by atoms with Gasteiger partial charge < -0.3 is 4.90 Å². The topological polar surface area (TPSA) is 37.4 Å². The average molecular weight is 336 g/mol. The standard InChI is InChI=1S/C17H18ClNO2S/c1-3-19(12-13-5-4-6-15(18)11-13)17(20)14-7-9-16(10-8-14)22(2)21/h4-11H,3,12H2,1-2H3. The van der Waals surface area contributed by atoms with Gasteiger partial charge in [0, 0.05) is 45.6 Å². The van der Waals surface area contributed by atoms with E-state index >= 15 is 0 Å². The van der Waals surface area contributed by atoms with Crippen molar-refractivity contribution in [3.63, 3.8) is 0 Å². The summed E-state index contributed by atoms with van der Waals surface area (Å²) in [5, 5.41) is 0.663. The van der Waals surface area contributed by atoms with Crippen LogP contribution in [0.1, 0.15) is 22.8 Å². The first kappa shape index (κ1) is 16.7. The summed E-state index contributed by atoms with van der Waals surface area (Å²) < 4.78 is 11.4. The van der Waals surface area contributed by atoms with Crippen molar-refractivity contribution in [2.24, 2.45) is 0 Å². The molecule has 0 N–H and O–H groups in total. The van der Waals surface area contributed by atoms with E-state index < -0.39 is 10.8 Å². The van der Waals surface area contributed by atoms with Gasteiger partial charge in [-0.25, -0.2) is 0 Å². The molecule has 0 spiro atoms. The van der Waals surface area contributed by atoms with Gasteiger partial charge in [-0.3, -0.25) is 9.00 Å². The van der Waals surface area contributed by atoms with Gasteiger partial charge in [0.15, 0.2) is 0 Å². The van der Waals surface area contributed by atoms with Gasteiger partial charge >= 0.3 is 0 Å². The summed E-state index contributed by atoms with van der Waals surface area (Å²) in [5.74, 6) is -0.0455. The largest absolute Gasteiger partial charge is 0.335 e. The maximum absolute atomic E-state index is 12.6. The van der Waals surface area contributed by atoms with Gasteiger partial charge in [0.1, 0.15) is 0 Å². The molecule has 1 amide bonds. The molecule has 0 aliphatic carbocycles. The monoisotopic (exact) mass is 335 g/mol. The highest BCUT2D eigenvalue weighted by molar-refractivity contribution is 7.84. The third-order valence-electron chi connectivity index (χ3n) is 3.36. The highest BCUT2D eigenvalue weighted by Crippen LogP contribution is 2.15. The minimum atomic E-state index is -1.04. The molecule has 2 aromatic carbocycles. The maximum atomic E-state index is 12.6. The highest BCUT2D eigenvalue weighted by Gasteiger charge is 2.15. The van der Waals surface area contributed by atoms with Crippen molar-refractivity contribution < 1.29 is 9.00 Å². The summed E-state index contributed by atoms with van der Waals surface area (Å²) in [6.07, 6.45) is 1.62. The van der Waals surface area contributed by atoms with E-state index in [9.17, 15) is 9.00 Å². The summed E-state index contributed by atoms with van der Waals surface area (Å²) in [7, 11) is -1.04. The number of carbonyl (C=O) groups is 1. The minimum Gasteiger partial charge on any atom is -0.335 e. The van der Waals surface area contributed by atoms with Gasteiger partial charge in [0.25, 0.3) is 5.91 Å². The summed E-state index contributed by atoms with van der Waals surface area (Å²) in [6, 6.07) is 14.4. The van der Waals surface area contributed by atoms with E-state index in [4.69, 9.17) is 11.6 Å². The van der Waals surface area contributed by atoms with Gasteiger partial charge in [-0.05, 0) is 48.9 Å². The van der Waals surface area contributed by atoms with Gasteiger partial charge in [-0.1, -0.05) is 23.7 Å². The van der Waals surface area contributed by atoms with Gasteiger partial charge in [0.05, 0.1) is 0 Å². The molecule has 0 saturated heterocycles. The van der Waals surface area contributed by atoms with Crippen LogP contribution in [-0.4, -0.2) is 27.8 Å². The molecule has 116 valence electrons. The Morgan fingerprint density at radius 1 is 1.18 bits per heavy atom. The first-order valence-corrected chi connectivity index (χ1v) is 8.92. The Hall–Kier alpha value is -1.65. The molecule has 0 radical (unpaired) electrons. The lowest BCUT2D eigenvalue weighted by molar-refractivity contribution is 0.0752. The lowest BCUT2D eigenvalue weighted by Gasteiger charge is -2.21. The zero-order chi connectivity index (χ0) is 16.1. The number of benzene rings is 2. The third kappa shape index (κ3) is 4.18. The molecule has 0 aromatic heterocycles. The number of amides is 1. The molecule has 5 heteroatoms. The van der Waals surface area contributed by atoms with Crippen LogP contribution in [0.2, 0.25) is 5.02 Å². The number of hydrogen-bond donors (Lipinski definition) is 0. The Labute approximate surface area is 138 Å². The van der Waals surface area contributed by atoms with E-state index in [1.807, 2.05) is 31.2 Å². The molecule has 0 aliphatic rings. The van der Waals surface area contributed by atoms with Crippen molar-refractivity contribution >= 4 is 28.3 Å². The SMILES string of the molecule is CCN(Cc1cccc(Cl)c1)C(=O)c1ccc(S(C)=O)cc1. The molecule has 0 fully saturated rings. The van der Waals surface area contributed by atoms with E-state index in [2.05, 4.69) is 0 Å². The number of halogens is 1. The van der Waals surface area contributed by atoms with Crippen LogP contribution < -0.4 is 0 Å².